The Morgan fingerprint density at radius 3 is 2.56 bits per heavy atom. The minimum absolute atomic E-state index is 0.615. The van der Waals surface area contributed by atoms with Crippen molar-refractivity contribution >= 4 is 34.1 Å². The first kappa shape index (κ1) is 20.4. The summed E-state index contributed by atoms with van der Waals surface area (Å²) < 4.78 is 30.0. The molecule has 1 aliphatic heterocycles. The molecule has 1 fully saturated rings. The fraction of sp³-hybridized carbons (Fsp3) is 0.400. The van der Waals surface area contributed by atoms with Crippen molar-refractivity contribution in [2.45, 2.75) is 29.6 Å². The average Bonchev–Trinajstić information content (AvgIpc) is 2.67. The van der Waals surface area contributed by atoms with Crippen molar-refractivity contribution in [2.24, 2.45) is 5.92 Å². The quantitative estimate of drug-likeness (QED) is 0.744. The standard InChI is InChI=1S/C20H27N3O2S2/c1-16-8-7-13-23(15-16)20-12-5-4-11-19(20)21-26(24)17-9-6-10-18(14-17)27(25)22(2)3/h4-6,9-12,14,16,21H,7-8,13,15H2,1-3H3. The number of nitrogens with zero attached hydrogens (tertiary/aromatic N) is 2. The maximum absolute atomic E-state index is 12.9. The Kier molecular flexibility index (Phi) is 6.94. The van der Waals surface area contributed by atoms with Gasteiger partial charge in [-0.05, 0) is 43.0 Å². The Hall–Kier alpha value is -1.38. The van der Waals surface area contributed by atoms with E-state index in [1.165, 1.54) is 12.8 Å². The Labute approximate surface area is 168 Å². The molecular formula is C20H27N3O2S2. The van der Waals surface area contributed by atoms with Gasteiger partial charge in [0.15, 0.2) is 9.79 Å². The number of hydrogen-bond donors (Lipinski definition) is 1. The van der Waals surface area contributed by atoms with E-state index >= 15 is 0 Å². The molecule has 3 atom stereocenters. The van der Waals surface area contributed by atoms with E-state index in [0.29, 0.717) is 15.7 Å². The number of para-hydroxylation sites is 2. The van der Waals surface area contributed by atoms with Crippen LogP contribution in [-0.2, 0) is 22.7 Å². The third-order valence-corrected chi connectivity index (χ3v) is 7.07. The van der Waals surface area contributed by atoms with Crippen LogP contribution >= 0.6 is 0 Å². The Morgan fingerprint density at radius 1 is 1.07 bits per heavy atom. The molecule has 2 aromatic carbocycles. The first-order valence-corrected chi connectivity index (χ1v) is 11.4. The van der Waals surface area contributed by atoms with Gasteiger partial charge in [0.05, 0.1) is 23.1 Å². The summed E-state index contributed by atoms with van der Waals surface area (Å²) in [6, 6.07) is 15.1. The van der Waals surface area contributed by atoms with Crippen molar-refractivity contribution in [2.75, 3.05) is 36.8 Å². The minimum Gasteiger partial charge on any atom is -0.593 e. The fourth-order valence-electron chi connectivity index (χ4n) is 3.31. The predicted octanol–water partition coefficient (Wildman–Crippen LogP) is 3.64. The van der Waals surface area contributed by atoms with Gasteiger partial charge in [0, 0.05) is 27.2 Å². The summed E-state index contributed by atoms with van der Waals surface area (Å²) in [5.41, 5.74) is 1.95. The molecule has 3 rings (SSSR count). The minimum atomic E-state index is -1.43. The molecule has 0 aromatic heterocycles. The molecular weight excluding hydrogens is 378 g/mol. The van der Waals surface area contributed by atoms with Crippen molar-refractivity contribution in [3.05, 3.63) is 48.5 Å². The van der Waals surface area contributed by atoms with E-state index in [1.54, 1.807) is 42.7 Å². The van der Waals surface area contributed by atoms with Gasteiger partial charge < -0.3 is 14.0 Å². The van der Waals surface area contributed by atoms with Gasteiger partial charge in [-0.15, -0.1) is 4.31 Å². The molecule has 5 nitrogen and oxygen atoms in total. The lowest BCUT2D eigenvalue weighted by Crippen LogP contribution is -2.34. The van der Waals surface area contributed by atoms with E-state index in [-0.39, 0.29) is 0 Å². The molecule has 0 aliphatic carbocycles. The van der Waals surface area contributed by atoms with Crippen LogP contribution in [0.2, 0.25) is 0 Å². The molecule has 27 heavy (non-hydrogen) atoms. The summed E-state index contributed by atoms with van der Waals surface area (Å²) in [5, 5.41) is 0. The molecule has 0 amide bonds. The molecule has 0 saturated carbocycles. The van der Waals surface area contributed by atoms with Crippen molar-refractivity contribution < 1.29 is 9.11 Å². The lowest BCUT2D eigenvalue weighted by Gasteiger charge is -2.34. The zero-order valence-corrected chi connectivity index (χ0v) is 17.7. The van der Waals surface area contributed by atoms with Crippen LogP contribution in [0.4, 0.5) is 11.4 Å². The second-order valence-corrected chi connectivity index (χ2v) is 10.0. The lowest BCUT2D eigenvalue weighted by atomic mass is 9.99. The van der Waals surface area contributed by atoms with Crippen LogP contribution in [0.15, 0.2) is 58.3 Å². The highest BCUT2D eigenvalue weighted by Gasteiger charge is 2.23. The van der Waals surface area contributed by atoms with Gasteiger partial charge in [-0.3, -0.25) is 0 Å². The van der Waals surface area contributed by atoms with E-state index in [2.05, 4.69) is 22.6 Å². The van der Waals surface area contributed by atoms with Gasteiger partial charge >= 0.3 is 0 Å². The predicted molar refractivity (Wildman–Crippen MR) is 114 cm³/mol. The second kappa shape index (κ2) is 9.21. The molecule has 1 saturated heterocycles. The summed E-state index contributed by atoms with van der Waals surface area (Å²) in [4.78, 5) is 3.63. The molecule has 7 heteroatoms. The molecule has 3 unspecified atom stereocenters. The van der Waals surface area contributed by atoms with E-state index in [4.69, 9.17) is 0 Å². The van der Waals surface area contributed by atoms with E-state index in [0.717, 1.165) is 24.5 Å². The van der Waals surface area contributed by atoms with E-state index in [1.807, 2.05) is 18.2 Å². The summed E-state index contributed by atoms with van der Waals surface area (Å²) in [6.45, 7) is 4.31. The van der Waals surface area contributed by atoms with Crippen molar-refractivity contribution in [1.29, 1.82) is 0 Å². The smallest absolute Gasteiger partial charge is 0.185 e. The third-order valence-electron chi connectivity index (χ3n) is 4.66. The Morgan fingerprint density at radius 2 is 1.81 bits per heavy atom. The van der Waals surface area contributed by atoms with Crippen LogP contribution in [0.5, 0.6) is 0 Å². The molecule has 146 valence electrons. The van der Waals surface area contributed by atoms with Crippen LogP contribution in [0, 0.1) is 5.92 Å². The molecule has 2 aromatic rings. The highest BCUT2D eigenvalue weighted by molar-refractivity contribution is 7.93. The number of anilines is 2. The van der Waals surface area contributed by atoms with Crippen LogP contribution in [0.1, 0.15) is 19.8 Å². The van der Waals surface area contributed by atoms with Crippen molar-refractivity contribution in [3.63, 3.8) is 0 Å². The molecule has 0 spiro atoms. The van der Waals surface area contributed by atoms with Gasteiger partial charge in [0.2, 0.25) is 0 Å². The van der Waals surface area contributed by atoms with Gasteiger partial charge in [-0.1, -0.05) is 25.1 Å². The van der Waals surface area contributed by atoms with Crippen LogP contribution in [0.3, 0.4) is 0 Å². The Balaban J connectivity index is 1.79. The number of hydrogen-bond acceptors (Lipinski definition) is 5. The van der Waals surface area contributed by atoms with Crippen LogP contribution in [0.25, 0.3) is 0 Å². The zero-order chi connectivity index (χ0) is 19.4. The van der Waals surface area contributed by atoms with Gasteiger partial charge in [0.25, 0.3) is 0 Å². The highest BCUT2D eigenvalue weighted by Crippen LogP contribution is 2.31. The van der Waals surface area contributed by atoms with E-state index < -0.39 is 22.7 Å². The number of nitrogens with one attached hydrogen (secondary N) is 1. The molecule has 1 aliphatic rings. The zero-order valence-electron chi connectivity index (χ0n) is 16.1. The first-order valence-electron chi connectivity index (χ1n) is 9.17. The Bertz CT molecular complexity index is 760. The molecule has 0 bridgehead atoms. The average molecular weight is 406 g/mol. The number of rotatable bonds is 6. The third kappa shape index (κ3) is 5.12. The SMILES string of the molecule is CC1CCCN(c2ccccc2N[S+]([O-])c2cccc([S+]([O-])N(C)C)c2)C1. The molecule has 1 heterocycles. The summed E-state index contributed by atoms with van der Waals surface area (Å²) >= 11 is -2.69. The monoisotopic (exact) mass is 405 g/mol. The summed E-state index contributed by atoms with van der Waals surface area (Å²) in [5.74, 6) is 0.662. The summed E-state index contributed by atoms with van der Waals surface area (Å²) in [6.07, 6.45) is 2.44. The fourth-order valence-corrected chi connectivity index (χ4v) is 5.16. The van der Waals surface area contributed by atoms with Gasteiger partial charge in [0.1, 0.15) is 17.0 Å². The van der Waals surface area contributed by atoms with Gasteiger partial charge in [-0.25, -0.2) is 4.72 Å². The van der Waals surface area contributed by atoms with Crippen LogP contribution < -0.4 is 9.62 Å². The maximum Gasteiger partial charge on any atom is 0.185 e. The van der Waals surface area contributed by atoms with E-state index in [9.17, 15) is 9.11 Å². The highest BCUT2D eigenvalue weighted by atomic mass is 32.2. The maximum atomic E-state index is 12.9. The second-order valence-electron chi connectivity index (χ2n) is 7.12. The lowest BCUT2D eigenvalue weighted by molar-refractivity contribution is 0.447. The molecule has 0 radical (unpaired) electrons. The summed E-state index contributed by atoms with van der Waals surface area (Å²) in [7, 11) is 3.52. The van der Waals surface area contributed by atoms with Crippen molar-refractivity contribution in [1.82, 2.24) is 4.31 Å². The number of piperidine rings is 1. The first-order chi connectivity index (χ1) is 13.0. The van der Waals surface area contributed by atoms with Gasteiger partial charge in [-0.2, -0.15) is 0 Å². The number of benzene rings is 2. The molecule has 1 N–H and O–H groups in total. The normalized spacial score (nSPS) is 19.8. The van der Waals surface area contributed by atoms with Crippen LogP contribution in [-0.4, -0.2) is 40.6 Å². The largest absolute Gasteiger partial charge is 0.593 e. The van der Waals surface area contributed by atoms with Crippen molar-refractivity contribution in [3.8, 4) is 0 Å². The topological polar surface area (TPSA) is 64.6 Å².